The Bertz CT molecular complexity index is 724. The number of piperidine rings is 1. The second kappa shape index (κ2) is 9.73. The summed E-state index contributed by atoms with van der Waals surface area (Å²) in [6, 6.07) is 6.38. The van der Waals surface area contributed by atoms with Gasteiger partial charge in [0.2, 0.25) is 11.8 Å². The van der Waals surface area contributed by atoms with E-state index in [9.17, 15) is 14.4 Å². The Balaban J connectivity index is 1.65. The van der Waals surface area contributed by atoms with Crippen molar-refractivity contribution in [2.45, 2.75) is 37.8 Å². The zero-order chi connectivity index (χ0) is 20.8. The maximum absolute atomic E-state index is 12.8. The van der Waals surface area contributed by atoms with Crippen LogP contribution in [0.15, 0.2) is 24.3 Å². The van der Waals surface area contributed by atoms with E-state index in [4.69, 9.17) is 9.47 Å². The number of nitrogens with zero attached hydrogens (tertiary/aromatic N) is 1. The van der Waals surface area contributed by atoms with Gasteiger partial charge in [0, 0.05) is 31.8 Å². The summed E-state index contributed by atoms with van der Waals surface area (Å²) in [6.45, 7) is 1.17. The summed E-state index contributed by atoms with van der Waals surface area (Å²) in [4.78, 5) is 39.3. The number of hydrogen-bond donors (Lipinski definition) is 2. The number of ether oxygens (including phenoxy) is 2. The van der Waals surface area contributed by atoms with Crippen LogP contribution < -0.4 is 15.4 Å². The summed E-state index contributed by atoms with van der Waals surface area (Å²) in [6.07, 6.45) is 3.27. The molecule has 1 heterocycles. The molecule has 1 aliphatic carbocycles. The first-order valence-corrected chi connectivity index (χ1v) is 10.0. The summed E-state index contributed by atoms with van der Waals surface area (Å²) in [5.41, 5.74) is 0.475. The molecule has 0 radical (unpaired) electrons. The van der Waals surface area contributed by atoms with Crippen molar-refractivity contribution in [1.82, 2.24) is 15.5 Å². The van der Waals surface area contributed by atoms with Crippen molar-refractivity contribution in [2.75, 3.05) is 33.9 Å². The van der Waals surface area contributed by atoms with Crippen LogP contribution in [-0.4, -0.2) is 68.6 Å². The van der Waals surface area contributed by atoms with Crippen LogP contribution in [0, 0.1) is 5.92 Å². The van der Waals surface area contributed by atoms with Crippen molar-refractivity contribution in [2.24, 2.45) is 5.92 Å². The standard InChI is InChI=1S/C21H29N3O5/c1-28-13-18(25)24-11-9-14(10-12-24)19(21(27)22-16-5-6-16)23-20(26)15-3-7-17(29-2)8-4-15/h3-4,7-8,14,16,19H,5-6,9-13H2,1-2H3,(H,22,27)(H,23,26)/t19-/m1/s1. The zero-order valence-electron chi connectivity index (χ0n) is 17.0. The lowest BCUT2D eigenvalue weighted by Crippen LogP contribution is -2.54. The first-order chi connectivity index (χ1) is 14.0. The van der Waals surface area contributed by atoms with Gasteiger partial charge in [0.25, 0.3) is 5.91 Å². The van der Waals surface area contributed by atoms with Gasteiger partial charge in [-0.1, -0.05) is 0 Å². The molecule has 2 fully saturated rings. The van der Waals surface area contributed by atoms with Gasteiger partial charge in [-0.05, 0) is 55.9 Å². The number of rotatable bonds is 8. The Hall–Kier alpha value is -2.61. The van der Waals surface area contributed by atoms with Crippen LogP contribution in [0.1, 0.15) is 36.0 Å². The Morgan fingerprint density at radius 2 is 1.72 bits per heavy atom. The van der Waals surface area contributed by atoms with E-state index >= 15 is 0 Å². The van der Waals surface area contributed by atoms with Gasteiger partial charge in [0.05, 0.1) is 7.11 Å². The average molecular weight is 403 g/mol. The van der Waals surface area contributed by atoms with Crippen molar-refractivity contribution < 1.29 is 23.9 Å². The highest BCUT2D eigenvalue weighted by Gasteiger charge is 2.36. The highest BCUT2D eigenvalue weighted by atomic mass is 16.5. The molecule has 2 N–H and O–H groups in total. The van der Waals surface area contributed by atoms with Crippen molar-refractivity contribution in [3.05, 3.63) is 29.8 Å². The molecule has 0 bridgehead atoms. The fraction of sp³-hybridized carbons (Fsp3) is 0.571. The molecule has 1 saturated heterocycles. The van der Waals surface area contributed by atoms with Gasteiger partial charge in [-0.15, -0.1) is 0 Å². The van der Waals surface area contributed by atoms with Gasteiger partial charge in [-0.2, -0.15) is 0 Å². The lowest BCUT2D eigenvalue weighted by Gasteiger charge is -2.35. The second-order valence-corrected chi connectivity index (χ2v) is 7.61. The van der Waals surface area contributed by atoms with Gasteiger partial charge in [0.15, 0.2) is 0 Å². The van der Waals surface area contributed by atoms with Gasteiger partial charge in [-0.3, -0.25) is 14.4 Å². The smallest absolute Gasteiger partial charge is 0.251 e. The molecule has 1 aliphatic heterocycles. The van der Waals surface area contributed by atoms with E-state index in [1.54, 1.807) is 36.3 Å². The van der Waals surface area contributed by atoms with Crippen LogP contribution in [0.2, 0.25) is 0 Å². The Morgan fingerprint density at radius 1 is 1.07 bits per heavy atom. The largest absolute Gasteiger partial charge is 0.497 e. The third-order valence-corrected chi connectivity index (χ3v) is 5.48. The van der Waals surface area contributed by atoms with Crippen LogP contribution in [0.5, 0.6) is 5.75 Å². The van der Waals surface area contributed by atoms with Crippen LogP contribution >= 0.6 is 0 Å². The molecule has 3 rings (SSSR count). The molecule has 8 nitrogen and oxygen atoms in total. The normalized spacial score (nSPS) is 18.1. The van der Waals surface area contributed by atoms with Crippen LogP contribution in [0.3, 0.4) is 0 Å². The van der Waals surface area contributed by atoms with E-state index in [2.05, 4.69) is 10.6 Å². The van der Waals surface area contributed by atoms with E-state index in [0.717, 1.165) is 12.8 Å². The van der Waals surface area contributed by atoms with Gasteiger partial charge < -0.3 is 25.0 Å². The average Bonchev–Trinajstić information content (AvgIpc) is 3.56. The molecule has 1 saturated carbocycles. The van der Waals surface area contributed by atoms with Gasteiger partial charge in [-0.25, -0.2) is 0 Å². The predicted octanol–water partition coefficient (Wildman–Crippen LogP) is 0.957. The molecule has 158 valence electrons. The quantitative estimate of drug-likeness (QED) is 0.674. The molecule has 8 heteroatoms. The Labute approximate surface area is 170 Å². The molecule has 1 aromatic rings. The third-order valence-electron chi connectivity index (χ3n) is 5.48. The number of carbonyl (C=O) groups excluding carboxylic acids is 3. The Kier molecular flexibility index (Phi) is 7.09. The number of carbonyl (C=O) groups is 3. The summed E-state index contributed by atoms with van der Waals surface area (Å²) in [7, 11) is 3.06. The number of likely N-dealkylation sites (tertiary alicyclic amines) is 1. The number of hydrogen-bond acceptors (Lipinski definition) is 5. The number of nitrogens with one attached hydrogen (secondary N) is 2. The summed E-state index contributed by atoms with van der Waals surface area (Å²) in [5, 5.41) is 5.93. The van der Waals surface area contributed by atoms with Gasteiger partial charge >= 0.3 is 0 Å². The van der Waals surface area contributed by atoms with E-state index < -0.39 is 6.04 Å². The highest BCUT2D eigenvalue weighted by molar-refractivity contribution is 5.97. The molecule has 29 heavy (non-hydrogen) atoms. The molecule has 1 aromatic carbocycles. The number of benzene rings is 1. The van der Waals surface area contributed by atoms with E-state index in [-0.39, 0.29) is 36.3 Å². The maximum atomic E-state index is 12.8. The molecular formula is C21H29N3O5. The van der Waals surface area contributed by atoms with Gasteiger partial charge in [0.1, 0.15) is 18.4 Å². The zero-order valence-corrected chi connectivity index (χ0v) is 17.0. The monoisotopic (exact) mass is 403 g/mol. The third kappa shape index (κ3) is 5.69. The maximum Gasteiger partial charge on any atom is 0.251 e. The van der Waals surface area contributed by atoms with E-state index in [0.29, 0.717) is 37.2 Å². The minimum absolute atomic E-state index is 0.0254. The fourth-order valence-corrected chi connectivity index (χ4v) is 3.58. The molecule has 2 aliphatic rings. The van der Waals surface area contributed by atoms with Crippen LogP contribution in [0.4, 0.5) is 0 Å². The summed E-state index contributed by atoms with van der Waals surface area (Å²) in [5.74, 6) is 0.157. The summed E-state index contributed by atoms with van der Waals surface area (Å²) >= 11 is 0. The minimum Gasteiger partial charge on any atom is -0.497 e. The SMILES string of the molecule is COCC(=O)N1CCC([C@@H](NC(=O)c2ccc(OC)cc2)C(=O)NC2CC2)CC1. The molecule has 1 atom stereocenters. The molecule has 0 spiro atoms. The topological polar surface area (TPSA) is 97.0 Å². The molecule has 3 amide bonds. The second-order valence-electron chi connectivity index (χ2n) is 7.61. The fourth-order valence-electron chi connectivity index (χ4n) is 3.58. The van der Waals surface area contributed by atoms with Crippen molar-refractivity contribution in [3.8, 4) is 5.75 Å². The van der Waals surface area contributed by atoms with Crippen LogP contribution in [-0.2, 0) is 14.3 Å². The number of methoxy groups -OCH3 is 2. The van der Waals surface area contributed by atoms with Crippen molar-refractivity contribution in [1.29, 1.82) is 0 Å². The van der Waals surface area contributed by atoms with Crippen molar-refractivity contribution in [3.63, 3.8) is 0 Å². The lowest BCUT2D eigenvalue weighted by atomic mass is 9.88. The first-order valence-electron chi connectivity index (χ1n) is 10.0. The molecule has 0 unspecified atom stereocenters. The first kappa shape index (κ1) is 21.1. The number of amides is 3. The molecular weight excluding hydrogens is 374 g/mol. The lowest BCUT2D eigenvalue weighted by molar-refractivity contribution is -0.136. The molecule has 0 aromatic heterocycles. The van der Waals surface area contributed by atoms with Crippen LogP contribution in [0.25, 0.3) is 0 Å². The van der Waals surface area contributed by atoms with E-state index in [1.807, 2.05) is 0 Å². The minimum atomic E-state index is -0.620. The highest BCUT2D eigenvalue weighted by Crippen LogP contribution is 2.24. The summed E-state index contributed by atoms with van der Waals surface area (Å²) < 4.78 is 10.0. The Morgan fingerprint density at radius 3 is 2.28 bits per heavy atom. The van der Waals surface area contributed by atoms with Crippen molar-refractivity contribution >= 4 is 17.7 Å². The van der Waals surface area contributed by atoms with E-state index in [1.165, 1.54) is 7.11 Å². The predicted molar refractivity (Wildman–Crippen MR) is 107 cm³/mol.